The molecule has 0 aromatic heterocycles. The van der Waals surface area contributed by atoms with Crippen LogP contribution in [0.15, 0.2) is 60.7 Å². The molecule has 30 heavy (non-hydrogen) atoms. The third kappa shape index (κ3) is 4.84. The Morgan fingerprint density at radius 1 is 0.933 bits per heavy atom. The highest BCUT2D eigenvalue weighted by molar-refractivity contribution is 6.02. The molecule has 0 heterocycles. The molecule has 2 N–H and O–H groups in total. The van der Waals surface area contributed by atoms with Crippen molar-refractivity contribution in [3.63, 3.8) is 0 Å². The van der Waals surface area contributed by atoms with E-state index >= 15 is 0 Å². The molecule has 0 atom stereocenters. The van der Waals surface area contributed by atoms with Crippen molar-refractivity contribution in [2.75, 3.05) is 11.9 Å². The molecule has 3 aromatic carbocycles. The van der Waals surface area contributed by atoms with Crippen LogP contribution in [0.4, 0.5) is 5.69 Å². The standard InChI is InChI=1S/C24H23NO5/c1-24(2,3)23(29)25-18-10-8-15(9-11-18)21(27)14-30-22(28)19-12-16-6-4-5-7-17(16)13-20(19)26/h4-13,26H,14H2,1-3H3,(H,25,29). The summed E-state index contributed by atoms with van der Waals surface area (Å²) in [5, 5.41) is 14.4. The molecule has 0 aliphatic rings. The number of fused-ring (bicyclic) bond motifs is 1. The summed E-state index contributed by atoms with van der Waals surface area (Å²) >= 11 is 0. The molecule has 0 radical (unpaired) electrons. The number of ketones is 1. The number of nitrogens with one attached hydrogen (secondary N) is 1. The zero-order chi connectivity index (χ0) is 21.9. The highest BCUT2D eigenvalue weighted by Crippen LogP contribution is 2.25. The first-order valence-corrected chi connectivity index (χ1v) is 9.49. The smallest absolute Gasteiger partial charge is 0.342 e. The number of rotatable bonds is 5. The number of hydrogen-bond acceptors (Lipinski definition) is 5. The Morgan fingerprint density at radius 3 is 2.13 bits per heavy atom. The largest absolute Gasteiger partial charge is 0.507 e. The molecule has 0 aliphatic heterocycles. The van der Waals surface area contributed by atoms with E-state index in [2.05, 4.69) is 5.32 Å². The molecule has 0 bridgehead atoms. The Bertz CT molecular complexity index is 1110. The van der Waals surface area contributed by atoms with Crippen molar-refractivity contribution in [2.24, 2.45) is 5.41 Å². The van der Waals surface area contributed by atoms with Crippen molar-refractivity contribution in [1.82, 2.24) is 0 Å². The first-order valence-electron chi connectivity index (χ1n) is 9.49. The average Bonchev–Trinajstić information content (AvgIpc) is 2.71. The summed E-state index contributed by atoms with van der Waals surface area (Å²) in [6.45, 7) is 4.96. The number of aromatic hydroxyl groups is 1. The predicted molar refractivity (Wildman–Crippen MR) is 115 cm³/mol. The van der Waals surface area contributed by atoms with Crippen molar-refractivity contribution in [3.05, 3.63) is 71.8 Å². The first-order chi connectivity index (χ1) is 14.1. The Kier molecular flexibility index (Phi) is 5.87. The highest BCUT2D eigenvalue weighted by Gasteiger charge is 2.21. The van der Waals surface area contributed by atoms with Gasteiger partial charge in [-0.25, -0.2) is 4.79 Å². The lowest BCUT2D eigenvalue weighted by Crippen LogP contribution is -2.27. The maximum Gasteiger partial charge on any atom is 0.342 e. The Labute approximate surface area is 174 Å². The Hall–Kier alpha value is -3.67. The van der Waals surface area contributed by atoms with Gasteiger partial charge in [0.2, 0.25) is 5.91 Å². The third-order valence-corrected chi connectivity index (χ3v) is 4.56. The second kappa shape index (κ2) is 8.37. The quantitative estimate of drug-likeness (QED) is 0.479. The van der Waals surface area contributed by atoms with Gasteiger partial charge in [-0.2, -0.15) is 0 Å². The van der Waals surface area contributed by atoms with Crippen LogP contribution in [0.25, 0.3) is 10.8 Å². The van der Waals surface area contributed by atoms with Gasteiger partial charge in [0.1, 0.15) is 11.3 Å². The van der Waals surface area contributed by atoms with Gasteiger partial charge >= 0.3 is 5.97 Å². The zero-order valence-corrected chi connectivity index (χ0v) is 17.1. The fourth-order valence-corrected chi connectivity index (χ4v) is 2.74. The second-order valence-corrected chi connectivity index (χ2v) is 8.00. The fraction of sp³-hybridized carbons (Fsp3) is 0.208. The number of amides is 1. The molecule has 6 heteroatoms. The van der Waals surface area contributed by atoms with Gasteiger partial charge in [0.25, 0.3) is 0 Å². The second-order valence-electron chi connectivity index (χ2n) is 8.00. The molecular weight excluding hydrogens is 382 g/mol. The molecule has 0 aliphatic carbocycles. The summed E-state index contributed by atoms with van der Waals surface area (Å²) in [5.41, 5.74) is 0.391. The normalized spacial score (nSPS) is 11.2. The van der Waals surface area contributed by atoms with Gasteiger partial charge in [-0.05, 0) is 47.2 Å². The van der Waals surface area contributed by atoms with E-state index < -0.39 is 23.8 Å². The number of benzene rings is 3. The van der Waals surface area contributed by atoms with Crippen LogP contribution in [-0.4, -0.2) is 29.4 Å². The van der Waals surface area contributed by atoms with E-state index in [9.17, 15) is 19.5 Å². The highest BCUT2D eigenvalue weighted by atomic mass is 16.5. The lowest BCUT2D eigenvalue weighted by Gasteiger charge is -2.17. The first kappa shape index (κ1) is 21.0. The topological polar surface area (TPSA) is 92.7 Å². The van der Waals surface area contributed by atoms with Crippen molar-refractivity contribution in [3.8, 4) is 5.75 Å². The number of phenolic OH excluding ortho intramolecular Hbond substituents is 1. The molecular formula is C24H23NO5. The summed E-state index contributed by atoms with van der Waals surface area (Å²) in [6, 6.07) is 16.7. The van der Waals surface area contributed by atoms with E-state index in [1.807, 2.05) is 45.0 Å². The monoisotopic (exact) mass is 405 g/mol. The van der Waals surface area contributed by atoms with Gasteiger partial charge in [-0.3, -0.25) is 9.59 Å². The molecule has 0 saturated heterocycles. The maximum atomic E-state index is 12.3. The van der Waals surface area contributed by atoms with Crippen molar-refractivity contribution in [2.45, 2.75) is 20.8 Å². The lowest BCUT2D eigenvalue weighted by atomic mass is 9.95. The summed E-state index contributed by atoms with van der Waals surface area (Å²) in [5.74, 6) is -1.51. The molecule has 1 amide bonds. The number of esters is 1. The van der Waals surface area contributed by atoms with E-state index in [0.717, 1.165) is 10.8 Å². The molecule has 3 aromatic rings. The van der Waals surface area contributed by atoms with Gasteiger partial charge in [0, 0.05) is 16.7 Å². The van der Waals surface area contributed by atoms with E-state index in [-0.39, 0.29) is 17.2 Å². The predicted octanol–water partition coefficient (Wildman–Crippen LogP) is 4.57. The van der Waals surface area contributed by atoms with E-state index in [1.165, 1.54) is 12.1 Å². The van der Waals surface area contributed by atoms with Crippen LogP contribution in [0.3, 0.4) is 0 Å². The molecule has 6 nitrogen and oxygen atoms in total. The van der Waals surface area contributed by atoms with Crippen molar-refractivity contribution in [1.29, 1.82) is 0 Å². The molecule has 0 saturated carbocycles. The van der Waals surface area contributed by atoms with Crippen LogP contribution >= 0.6 is 0 Å². The van der Waals surface area contributed by atoms with Gasteiger partial charge in [-0.1, -0.05) is 45.0 Å². The zero-order valence-electron chi connectivity index (χ0n) is 17.1. The SMILES string of the molecule is CC(C)(C)C(=O)Nc1ccc(C(=O)COC(=O)c2cc3ccccc3cc2O)cc1. The molecule has 0 spiro atoms. The number of hydrogen-bond donors (Lipinski definition) is 2. The van der Waals surface area contributed by atoms with Crippen LogP contribution in [0, 0.1) is 5.41 Å². The van der Waals surface area contributed by atoms with Crippen LogP contribution in [0.5, 0.6) is 5.75 Å². The number of anilines is 1. The lowest BCUT2D eigenvalue weighted by molar-refractivity contribution is -0.123. The van der Waals surface area contributed by atoms with Gasteiger partial charge in [-0.15, -0.1) is 0 Å². The molecule has 0 unspecified atom stereocenters. The van der Waals surface area contributed by atoms with E-state index in [1.54, 1.807) is 24.3 Å². The molecule has 3 rings (SSSR count). The summed E-state index contributed by atoms with van der Waals surface area (Å²) in [7, 11) is 0. The van der Waals surface area contributed by atoms with Crippen molar-refractivity contribution < 1.29 is 24.2 Å². The van der Waals surface area contributed by atoms with Crippen LogP contribution in [-0.2, 0) is 9.53 Å². The van der Waals surface area contributed by atoms with E-state index in [0.29, 0.717) is 11.3 Å². The number of carbonyl (C=O) groups is 3. The number of Topliss-reactive ketones (excluding diaryl/α,β-unsaturated/α-hetero) is 1. The number of phenols is 1. The summed E-state index contributed by atoms with van der Waals surface area (Å²) in [6.07, 6.45) is 0. The third-order valence-electron chi connectivity index (χ3n) is 4.56. The Balaban J connectivity index is 1.63. The minimum Gasteiger partial charge on any atom is -0.507 e. The minimum atomic E-state index is -0.777. The average molecular weight is 405 g/mol. The number of ether oxygens (including phenoxy) is 1. The van der Waals surface area contributed by atoms with Crippen LogP contribution < -0.4 is 5.32 Å². The summed E-state index contributed by atoms with van der Waals surface area (Å²) in [4.78, 5) is 36.7. The van der Waals surface area contributed by atoms with E-state index in [4.69, 9.17) is 4.74 Å². The molecule has 0 fully saturated rings. The van der Waals surface area contributed by atoms with Crippen LogP contribution in [0.1, 0.15) is 41.5 Å². The summed E-state index contributed by atoms with van der Waals surface area (Å²) < 4.78 is 5.10. The maximum absolute atomic E-state index is 12.3. The molecule has 154 valence electrons. The van der Waals surface area contributed by atoms with Crippen LogP contribution in [0.2, 0.25) is 0 Å². The van der Waals surface area contributed by atoms with Crippen molar-refractivity contribution >= 4 is 34.1 Å². The Morgan fingerprint density at radius 2 is 1.53 bits per heavy atom. The number of carbonyl (C=O) groups excluding carboxylic acids is 3. The van der Waals surface area contributed by atoms with Gasteiger partial charge in [0.15, 0.2) is 12.4 Å². The van der Waals surface area contributed by atoms with Gasteiger partial charge < -0.3 is 15.2 Å². The minimum absolute atomic E-state index is 0.00161. The van der Waals surface area contributed by atoms with Gasteiger partial charge in [0.05, 0.1) is 0 Å². The fourth-order valence-electron chi connectivity index (χ4n) is 2.74.